The highest BCUT2D eigenvalue weighted by Gasteiger charge is 2.09. The number of amides is 1. The quantitative estimate of drug-likeness (QED) is 0.150. The molecule has 1 aromatic carbocycles. The molecular weight excluding hydrogens is 274 g/mol. The fourth-order valence-electron chi connectivity index (χ4n) is 1.58. The molecule has 8 nitrogen and oxygen atoms in total. The minimum atomic E-state index is -0.493. The molecular formula is C13H15N5O3. The molecule has 0 radical (unpaired) electrons. The Hall–Kier alpha value is -2.86. The number of carbonyl (C=O) groups is 1. The Morgan fingerprint density at radius 3 is 2.90 bits per heavy atom. The topological polar surface area (TPSA) is 121 Å². The molecule has 1 N–H and O–H groups in total. The Kier molecular flexibility index (Phi) is 7.02. The SMILES string of the molecule is [N-]=[N+]=NCCCCNC(=O)/C=C/c1ccccc1[N+](=O)[O-]. The van der Waals surface area contributed by atoms with E-state index in [0.29, 0.717) is 31.5 Å². The number of nitrogens with zero attached hydrogens (tertiary/aromatic N) is 4. The molecule has 110 valence electrons. The molecule has 0 unspecified atom stereocenters. The summed E-state index contributed by atoms with van der Waals surface area (Å²) in [5.41, 5.74) is 8.41. The number of hydrogen-bond acceptors (Lipinski definition) is 4. The van der Waals surface area contributed by atoms with Crippen LogP contribution in [-0.4, -0.2) is 23.9 Å². The maximum Gasteiger partial charge on any atom is 0.276 e. The number of azide groups is 1. The molecule has 21 heavy (non-hydrogen) atoms. The van der Waals surface area contributed by atoms with Gasteiger partial charge in [-0.15, -0.1) is 0 Å². The second-order valence-corrected chi connectivity index (χ2v) is 4.10. The van der Waals surface area contributed by atoms with Crippen molar-refractivity contribution >= 4 is 17.7 Å². The summed E-state index contributed by atoms with van der Waals surface area (Å²) in [4.78, 5) is 24.5. The van der Waals surface area contributed by atoms with Gasteiger partial charge in [-0.25, -0.2) is 0 Å². The van der Waals surface area contributed by atoms with Crippen molar-refractivity contribution in [3.8, 4) is 0 Å². The largest absolute Gasteiger partial charge is 0.353 e. The molecule has 0 fully saturated rings. The molecule has 0 spiro atoms. The molecule has 0 saturated heterocycles. The number of carbonyl (C=O) groups excluding carboxylic acids is 1. The molecule has 0 atom stereocenters. The first kappa shape index (κ1) is 16.2. The minimum Gasteiger partial charge on any atom is -0.353 e. The van der Waals surface area contributed by atoms with E-state index in [2.05, 4.69) is 15.3 Å². The van der Waals surface area contributed by atoms with Crippen molar-refractivity contribution in [2.24, 2.45) is 5.11 Å². The molecule has 1 aromatic rings. The van der Waals surface area contributed by atoms with E-state index in [1.54, 1.807) is 18.2 Å². The van der Waals surface area contributed by atoms with Gasteiger partial charge >= 0.3 is 0 Å². The molecule has 0 bridgehead atoms. The van der Waals surface area contributed by atoms with Crippen molar-refractivity contribution in [1.82, 2.24) is 5.32 Å². The van der Waals surface area contributed by atoms with E-state index >= 15 is 0 Å². The van der Waals surface area contributed by atoms with Gasteiger partial charge in [0.05, 0.1) is 10.5 Å². The number of nitro groups is 1. The van der Waals surface area contributed by atoms with E-state index in [1.165, 1.54) is 18.2 Å². The third kappa shape index (κ3) is 6.22. The van der Waals surface area contributed by atoms with Crippen LogP contribution < -0.4 is 5.32 Å². The molecule has 0 aliphatic carbocycles. The van der Waals surface area contributed by atoms with Gasteiger partial charge in [0.15, 0.2) is 0 Å². The lowest BCUT2D eigenvalue weighted by molar-refractivity contribution is -0.385. The average Bonchev–Trinajstić information content (AvgIpc) is 2.49. The number of hydrogen-bond donors (Lipinski definition) is 1. The number of nitro benzene ring substituents is 1. The van der Waals surface area contributed by atoms with Gasteiger partial charge in [0.1, 0.15) is 0 Å². The second kappa shape index (κ2) is 9.11. The standard InChI is InChI=1S/C13H15N5O3/c14-17-16-10-4-3-9-15-13(19)8-7-11-5-1-2-6-12(11)18(20)21/h1-2,5-8H,3-4,9-10H2,(H,15,19)/b8-7+. The van der Waals surface area contributed by atoms with Crippen LogP contribution in [0.25, 0.3) is 16.5 Å². The molecule has 0 heterocycles. The average molecular weight is 289 g/mol. The van der Waals surface area contributed by atoms with Gasteiger partial charge in [0.2, 0.25) is 5.91 Å². The van der Waals surface area contributed by atoms with Crippen molar-refractivity contribution in [2.45, 2.75) is 12.8 Å². The highest BCUT2D eigenvalue weighted by atomic mass is 16.6. The maximum absolute atomic E-state index is 11.5. The summed E-state index contributed by atoms with van der Waals surface area (Å²) >= 11 is 0. The third-order valence-electron chi connectivity index (χ3n) is 2.60. The minimum absolute atomic E-state index is 0.0454. The first-order valence-electron chi connectivity index (χ1n) is 6.35. The number of benzene rings is 1. The zero-order chi connectivity index (χ0) is 15.5. The number of para-hydroxylation sites is 1. The molecule has 1 amide bonds. The van der Waals surface area contributed by atoms with Gasteiger partial charge in [-0.2, -0.15) is 0 Å². The molecule has 0 aromatic heterocycles. The first-order chi connectivity index (χ1) is 10.1. The lowest BCUT2D eigenvalue weighted by atomic mass is 10.1. The van der Waals surface area contributed by atoms with E-state index in [0.717, 1.165) is 0 Å². The van der Waals surface area contributed by atoms with E-state index in [4.69, 9.17) is 5.53 Å². The summed E-state index contributed by atoms with van der Waals surface area (Å²) in [6.45, 7) is 0.861. The summed E-state index contributed by atoms with van der Waals surface area (Å²) in [5, 5.41) is 16.8. The monoisotopic (exact) mass is 289 g/mol. The first-order valence-corrected chi connectivity index (χ1v) is 6.35. The Morgan fingerprint density at radius 2 is 2.19 bits per heavy atom. The van der Waals surface area contributed by atoms with Gasteiger partial charge in [0, 0.05) is 30.1 Å². The van der Waals surface area contributed by atoms with Gasteiger partial charge < -0.3 is 5.32 Å². The number of nitrogens with one attached hydrogen (secondary N) is 1. The van der Waals surface area contributed by atoms with Crippen LogP contribution in [0.15, 0.2) is 35.5 Å². The predicted octanol–water partition coefficient (Wildman–Crippen LogP) is 2.81. The number of rotatable bonds is 8. The van der Waals surface area contributed by atoms with Crippen molar-refractivity contribution in [3.63, 3.8) is 0 Å². The van der Waals surface area contributed by atoms with Crippen LogP contribution in [-0.2, 0) is 4.79 Å². The Morgan fingerprint density at radius 1 is 1.43 bits per heavy atom. The fourth-order valence-corrected chi connectivity index (χ4v) is 1.58. The lowest BCUT2D eigenvalue weighted by Gasteiger charge is -2.00. The van der Waals surface area contributed by atoms with E-state index in [1.807, 2.05) is 0 Å². The van der Waals surface area contributed by atoms with E-state index < -0.39 is 4.92 Å². The third-order valence-corrected chi connectivity index (χ3v) is 2.60. The van der Waals surface area contributed by atoms with Gasteiger partial charge in [-0.3, -0.25) is 14.9 Å². The maximum atomic E-state index is 11.5. The van der Waals surface area contributed by atoms with Crippen LogP contribution in [0, 0.1) is 10.1 Å². The van der Waals surface area contributed by atoms with Gasteiger partial charge in [-0.1, -0.05) is 17.2 Å². The summed E-state index contributed by atoms with van der Waals surface area (Å²) in [7, 11) is 0. The summed E-state index contributed by atoms with van der Waals surface area (Å²) in [6.07, 6.45) is 4.06. The van der Waals surface area contributed by atoms with Crippen molar-refractivity contribution in [1.29, 1.82) is 0 Å². The molecule has 1 rings (SSSR count). The van der Waals surface area contributed by atoms with E-state index in [9.17, 15) is 14.9 Å². The van der Waals surface area contributed by atoms with Gasteiger partial charge in [-0.05, 0) is 30.5 Å². The fraction of sp³-hybridized carbons (Fsp3) is 0.308. The Balaban J connectivity index is 2.44. The van der Waals surface area contributed by atoms with Crippen LogP contribution in [0.5, 0.6) is 0 Å². The molecule has 0 aliphatic rings. The molecule has 8 heteroatoms. The highest BCUT2D eigenvalue weighted by molar-refractivity contribution is 5.92. The predicted molar refractivity (Wildman–Crippen MR) is 78.4 cm³/mol. The van der Waals surface area contributed by atoms with Crippen LogP contribution in [0.1, 0.15) is 18.4 Å². The van der Waals surface area contributed by atoms with Crippen molar-refractivity contribution in [2.75, 3.05) is 13.1 Å². The van der Waals surface area contributed by atoms with Crippen LogP contribution >= 0.6 is 0 Å². The summed E-state index contributed by atoms with van der Waals surface area (Å²) in [5.74, 6) is -0.322. The zero-order valence-corrected chi connectivity index (χ0v) is 11.3. The lowest BCUT2D eigenvalue weighted by Crippen LogP contribution is -2.22. The highest BCUT2D eigenvalue weighted by Crippen LogP contribution is 2.18. The molecule has 0 aliphatic heterocycles. The normalized spacial score (nSPS) is 10.1. The van der Waals surface area contributed by atoms with Crippen LogP contribution in [0.2, 0.25) is 0 Å². The Labute approximate surface area is 121 Å². The second-order valence-electron chi connectivity index (χ2n) is 4.10. The summed E-state index contributed by atoms with van der Waals surface area (Å²) in [6, 6.07) is 6.19. The van der Waals surface area contributed by atoms with Crippen LogP contribution in [0.4, 0.5) is 5.69 Å². The summed E-state index contributed by atoms with van der Waals surface area (Å²) < 4.78 is 0. The van der Waals surface area contributed by atoms with Gasteiger partial charge in [0.25, 0.3) is 5.69 Å². The van der Waals surface area contributed by atoms with E-state index in [-0.39, 0.29) is 11.6 Å². The van der Waals surface area contributed by atoms with Crippen molar-refractivity contribution < 1.29 is 9.72 Å². The number of unbranched alkanes of at least 4 members (excludes halogenated alkanes) is 1. The van der Waals surface area contributed by atoms with Crippen molar-refractivity contribution in [3.05, 3.63) is 56.5 Å². The Bertz CT molecular complexity index is 579. The zero-order valence-electron chi connectivity index (χ0n) is 11.3. The smallest absolute Gasteiger partial charge is 0.276 e. The molecule has 0 saturated carbocycles. The van der Waals surface area contributed by atoms with Crippen LogP contribution in [0.3, 0.4) is 0 Å².